The maximum absolute atomic E-state index is 13.4. The number of methoxy groups -OCH3 is 2. The fourth-order valence-electron chi connectivity index (χ4n) is 6.26. The summed E-state index contributed by atoms with van der Waals surface area (Å²) in [6.07, 6.45) is 7.46. The smallest absolute Gasteiger partial charge is 0.310 e. The van der Waals surface area contributed by atoms with Gasteiger partial charge in [-0.05, 0) is 53.8 Å². The second-order valence-corrected chi connectivity index (χ2v) is 10.4. The Morgan fingerprint density at radius 1 is 1.00 bits per heavy atom. The number of phenolic OH excluding ortho intramolecular Hbond substituents is 1. The average molecular weight is 536 g/mol. The quantitative estimate of drug-likeness (QED) is 0.315. The van der Waals surface area contributed by atoms with Crippen molar-refractivity contribution >= 4 is 5.97 Å². The summed E-state index contributed by atoms with van der Waals surface area (Å²) in [5.74, 6) is 0.340. The summed E-state index contributed by atoms with van der Waals surface area (Å²) in [4.78, 5) is 13.4. The van der Waals surface area contributed by atoms with E-state index in [1.54, 1.807) is 12.1 Å². The Bertz CT molecular complexity index is 1360. The minimum Gasteiger partial charge on any atom is -0.502 e. The standard InChI is InChI=1S/C29H33N3O7/c1-4-5-6-7-8-17-13-32(31-30-17)27-19-12-22-21(38-15-39-22)11-18(19)25(26-20(27)14-37-29(26)34)16-9-23(35-2)28(33)24(10-16)36-3/h9-13,20,25-27,33H,4-8,14-15H2,1-3H3/t20-,25+,26-,27+/m0/s1. The van der Waals surface area contributed by atoms with Crippen molar-refractivity contribution in [3.05, 3.63) is 52.8 Å². The number of carbonyl (C=O) groups excluding carboxylic acids is 1. The molecule has 39 heavy (non-hydrogen) atoms. The molecule has 0 spiro atoms. The van der Waals surface area contributed by atoms with E-state index in [1.807, 2.05) is 23.0 Å². The highest BCUT2D eigenvalue weighted by Crippen LogP contribution is 2.56. The van der Waals surface area contributed by atoms with Gasteiger partial charge in [0.25, 0.3) is 0 Å². The van der Waals surface area contributed by atoms with Gasteiger partial charge in [-0.2, -0.15) is 0 Å². The number of hydrogen-bond donors (Lipinski definition) is 1. The van der Waals surface area contributed by atoms with Crippen LogP contribution in [0.3, 0.4) is 0 Å². The molecule has 3 heterocycles. The minimum absolute atomic E-state index is 0.0945. The van der Waals surface area contributed by atoms with Gasteiger partial charge in [-0.1, -0.05) is 31.4 Å². The second kappa shape index (κ2) is 10.3. The van der Waals surface area contributed by atoms with Crippen LogP contribution in [0.4, 0.5) is 0 Å². The summed E-state index contributed by atoms with van der Waals surface area (Å²) in [5, 5.41) is 19.6. The van der Waals surface area contributed by atoms with Crippen LogP contribution in [0.25, 0.3) is 0 Å². The van der Waals surface area contributed by atoms with Crippen LogP contribution in [0.1, 0.15) is 67.0 Å². The first kappa shape index (κ1) is 25.3. The van der Waals surface area contributed by atoms with Gasteiger partial charge in [-0.25, -0.2) is 4.68 Å². The van der Waals surface area contributed by atoms with Crippen LogP contribution >= 0.6 is 0 Å². The van der Waals surface area contributed by atoms with Crippen molar-refractivity contribution in [3.63, 3.8) is 0 Å². The summed E-state index contributed by atoms with van der Waals surface area (Å²) >= 11 is 0. The van der Waals surface area contributed by atoms with Crippen molar-refractivity contribution < 1.29 is 33.6 Å². The topological polar surface area (TPSA) is 114 Å². The second-order valence-electron chi connectivity index (χ2n) is 10.4. The first-order chi connectivity index (χ1) is 19.0. The van der Waals surface area contributed by atoms with Gasteiger partial charge in [0.15, 0.2) is 23.0 Å². The molecule has 3 aromatic rings. The summed E-state index contributed by atoms with van der Waals surface area (Å²) in [7, 11) is 2.97. The molecule has 10 heteroatoms. The lowest BCUT2D eigenvalue weighted by Crippen LogP contribution is -2.37. The van der Waals surface area contributed by atoms with E-state index in [1.165, 1.54) is 27.1 Å². The maximum Gasteiger partial charge on any atom is 0.310 e. The molecule has 206 valence electrons. The van der Waals surface area contributed by atoms with Gasteiger partial charge < -0.3 is 28.8 Å². The van der Waals surface area contributed by atoms with Crippen molar-refractivity contribution in [3.8, 4) is 28.7 Å². The first-order valence-electron chi connectivity index (χ1n) is 13.5. The Labute approximate surface area is 226 Å². The molecule has 1 N–H and O–H groups in total. The van der Waals surface area contributed by atoms with Gasteiger partial charge in [0.2, 0.25) is 12.5 Å². The molecule has 4 atom stereocenters. The van der Waals surface area contributed by atoms with Gasteiger partial charge in [0.1, 0.15) is 0 Å². The molecule has 2 aromatic carbocycles. The zero-order valence-corrected chi connectivity index (χ0v) is 22.4. The largest absolute Gasteiger partial charge is 0.502 e. The Morgan fingerprint density at radius 3 is 2.41 bits per heavy atom. The van der Waals surface area contributed by atoms with Gasteiger partial charge in [-0.15, -0.1) is 5.10 Å². The van der Waals surface area contributed by atoms with Crippen molar-refractivity contribution in [2.75, 3.05) is 27.6 Å². The summed E-state index contributed by atoms with van der Waals surface area (Å²) in [6, 6.07) is 7.17. The predicted octanol–water partition coefficient (Wildman–Crippen LogP) is 4.38. The number of fused-ring (bicyclic) bond motifs is 3. The number of unbranched alkanes of at least 4 members (excludes halogenated alkanes) is 3. The lowest BCUT2D eigenvalue weighted by Gasteiger charge is -2.39. The highest BCUT2D eigenvalue weighted by atomic mass is 16.7. The normalized spacial score (nSPS) is 22.8. The summed E-state index contributed by atoms with van der Waals surface area (Å²) in [5.41, 5.74) is 3.57. The van der Waals surface area contributed by atoms with Crippen LogP contribution in [0.15, 0.2) is 30.5 Å². The molecule has 1 fully saturated rings. The van der Waals surface area contributed by atoms with Gasteiger partial charge >= 0.3 is 5.97 Å². The molecule has 3 aliphatic rings. The Morgan fingerprint density at radius 2 is 1.72 bits per heavy atom. The molecule has 1 aromatic heterocycles. The molecule has 6 rings (SSSR count). The number of aryl methyl sites for hydroxylation is 1. The third-order valence-electron chi connectivity index (χ3n) is 8.14. The maximum atomic E-state index is 13.4. The van der Waals surface area contributed by atoms with Crippen LogP contribution in [0.2, 0.25) is 0 Å². The van der Waals surface area contributed by atoms with E-state index in [0.717, 1.165) is 41.6 Å². The monoisotopic (exact) mass is 535 g/mol. The Hall–Kier alpha value is -3.95. The number of rotatable bonds is 9. The SMILES string of the molecule is CCCCCCc1cn([C@@H]2c3cc4c(cc3[C@@H](c3cc(OC)c(O)c(OC)c3)[C@H]3C(=O)OC[C@@H]32)OCO4)nn1. The Kier molecular flexibility index (Phi) is 6.70. The zero-order valence-electron chi connectivity index (χ0n) is 22.4. The van der Waals surface area contributed by atoms with E-state index in [2.05, 4.69) is 17.2 Å². The van der Waals surface area contributed by atoms with Crippen molar-refractivity contribution in [2.24, 2.45) is 11.8 Å². The lowest BCUT2D eigenvalue weighted by molar-refractivity contribution is -0.141. The van der Waals surface area contributed by atoms with E-state index < -0.39 is 11.8 Å². The molecule has 0 bridgehead atoms. The molecule has 10 nitrogen and oxygen atoms in total. The highest BCUT2D eigenvalue weighted by molar-refractivity contribution is 5.79. The van der Waals surface area contributed by atoms with E-state index >= 15 is 0 Å². The molecule has 0 unspecified atom stereocenters. The van der Waals surface area contributed by atoms with E-state index in [4.69, 9.17) is 23.7 Å². The molecule has 0 amide bonds. The molecule has 2 aliphatic heterocycles. The number of aromatic hydroxyl groups is 1. The molecule has 0 radical (unpaired) electrons. The predicted molar refractivity (Wildman–Crippen MR) is 140 cm³/mol. The summed E-state index contributed by atoms with van der Waals surface area (Å²) < 4.78 is 30.0. The number of benzene rings is 2. The number of esters is 1. The van der Waals surface area contributed by atoms with Crippen LogP contribution in [-0.2, 0) is 16.0 Å². The summed E-state index contributed by atoms with van der Waals surface area (Å²) in [6.45, 7) is 2.59. The fraction of sp³-hybridized carbons (Fsp3) is 0.483. The molecule has 0 saturated carbocycles. The average Bonchev–Trinajstić information content (AvgIpc) is 3.69. The molecule has 1 saturated heterocycles. The van der Waals surface area contributed by atoms with Gasteiger partial charge in [0.05, 0.1) is 38.5 Å². The number of hydrogen-bond acceptors (Lipinski definition) is 9. The highest BCUT2D eigenvalue weighted by Gasteiger charge is 2.53. The van der Waals surface area contributed by atoms with Crippen molar-refractivity contribution in [2.45, 2.75) is 51.0 Å². The van der Waals surface area contributed by atoms with Crippen LogP contribution in [0, 0.1) is 11.8 Å². The van der Waals surface area contributed by atoms with Crippen LogP contribution in [-0.4, -0.2) is 53.7 Å². The number of aromatic nitrogens is 3. The zero-order chi connectivity index (χ0) is 27.1. The Balaban J connectivity index is 1.48. The third kappa shape index (κ3) is 4.31. The number of nitrogens with zero attached hydrogens (tertiary/aromatic N) is 3. The first-order valence-corrected chi connectivity index (χ1v) is 13.5. The van der Waals surface area contributed by atoms with Crippen LogP contribution < -0.4 is 18.9 Å². The fourth-order valence-corrected chi connectivity index (χ4v) is 6.26. The van der Waals surface area contributed by atoms with E-state index in [-0.39, 0.29) is 48.6 Å². The lowest BCUT2D eigenvalue weighted by atomic mass is 9.65. The number of phenols is 1. The number of carbonyl (C=O) groups is 1. The van der Waals surface area contributed by atoms with Crippen LogP contribution in [0.5, 0.6) is 28.7 Å². The van der Waals surface area contributed by atoms with E-state index in [0.29, 0.717) is 11.5 Å². The van der Waals surface area contributed by atoms with Crippen molar-refractivity contribution in [1.82, 2.24) is 15.0 Å². The molecular weight excluding hydrogens is 502 g/mol. The third-order valence-corrected chi connectivity index (χ3v) is 8.14. The molecule has 1 aliphatic carbocycles. The minimum atomic E-state index is -0.501. The van der Waals surface area contributed by atoms with E-state index in [9.17, 15) is 9.90 Å². The van der Waals surface area contributed by atoms with Gasteiger partial charge in [0, 0.05) is 18.0 Å². The number of cyclic esters (lactones) is 1. The van der Waals surface area contributed by atoms with Crippen molar-refractivity contribution in [1.29, 1.82) is 0 Å². The van der Waals surface area contributed by atoms with Gasteiger partial charge in [-0.3, -0.25) is 4.79 Å². The molecular formula is C29H33N3O7. The number of ether oxygens (including phenoxy) is 5.